The first-order valence-electron chi connectivity index (χ1n) is 10.1. The third-order valence-corrected chi connectivity index (χ3v) is 7.14. The van der Waals surface area contributed by atoms with E-state index in [0.717, 1.165) is 19.3 Å². The Bertz CT molecular complexity index is 985. The number of nitrogens with zero attached hydrogens (tertiary/aromatic N) is 1. The van der Waals surface area contributed by atoms with Crippen LogP contribution in [0.1, 0.15) is 35.2 Å². The van der Waals surface area contributed by atoms with E-state index >= 15 is 0 Å². The summed E-state index contributed by atoms with van der Waals surface area (Å²) in [7, 11) is -2.04. The van der Waals surface area contributed by atoms with Crippen LogP contribution in [-0.4, -0.2) is 52.0 Å². The van der Waals surface area contributed by atoms with Crippen molar-refractivity contribution >= 4 is 15.9 Å². The van der Waals surface area contributed by atoms with Gasteiger partial charge in [0.05, 0.1) is 18.6 Å². The van der Waals surface area contributed by atoms with Crippen molar-refractivity contribution in [1.29, 1.82) is 0 Å². The number of piperidine rings is 1. The van der Waals surface area contributed by atoms with Crippen LogP contribution in [0.2, 0.25) is 0 Å². The molecule has 0 radical (unpaired) electrons. The molecule has 0 spiro atoms. The van der Waals surface area contributed by atoms with E-state index in [2.05, 4.69) is 5.32 Å². The van der Waals surface area contributed by atoms with Crippen LogP contribution < -0.4 is 14.8 Å². The number of para-hydroxylation sites is 2. The number of carbonyl (C=O) groups excluding carboxylic acids is 1. The molecule has 1 amide bonds. The zero-order valence-corrected chi connectivity index (χ0v) is 18.2. The molecule has 8 heteroatoms. The number of amides is 1. The van der Waals surface area contributed by atoms with Gasteiger partial charge in [0.2, 0.25) is 10.0 Å². The second kappa shape index (κ2) is 9.95. The summed E-state index contributed by atoms with van der Waals surface area (Å²) >= 11 is 0. The summed E-state index contributed by atoms with van der Waals surface area (Å²) in [5.74, 6) is 0.878. The van der Waals surface area contributed by atoms with Gasteiger partial charge in [0, 0.05) is 18.7 Å². The monoisotopic (exact) mass is 432 g/mol. The first-order valence-corrected chi connectivity index (χ1v) is 11.5. The van der Waals surface area contributed by atoms with E-state index in [1.807, 2.05) is 12.1 Å². The zero-order valence-electron chi connectivity index (χ0n) is 17.4. The molecule has 2 aromatic rings. The number of ether oxygens (including phenoxy) is 2. The maximum Gasteiger partial charge on any atom is 0.251 e. The first-order chi connectivity index (χ1) is 14.4. The zero-order chi connectivity index (χ0) is 21.6. The van der Waals surface area contributed by atoms with Gasteiger partial charge in [-0.3, -0.25) is 4.79 Å². The fourth-order valence-corrected chi connectivity index (χ4v) is 5.20. The average molecular weight is 433 g/mol. The van der Waals surface area contributed by atoms with Gasteiger partial charge in [0.1, 0.15) is 6.61 Å². The van der Waals surface area contributed by atoms with E-state index in [9.17, 15) is 13.2 Å². The van der Waals surface area contributed by atoms with Gasteiger partial charge < -0.3 is 14.8 Å². The minimum absolute atomic E-state index is 0.197. The van der Waals surface area contributed by atoms with E-state index in [1.54, 1.807) is 38.3 Å². The Morgan fingerprint density at radius 3 is 2.47 bits per heavy atom. The van der Waals surface area contributed by atoms with Crippen molar-refractivity contribution in [2.75, 3.05) is 33.4 Å². The lowest BCUT2D eigenvalue weighted by atomic mass is 10.1. The number of carbonyl (C=O) groups is 1. The molecule has 0 aliphatic carbocycles. The number of hydrogen-bond donors (Lipinski definition) is 1. The van der Waals surface area contributed by atoms with Crippen molar-refractivity contribution in [2.24, 2.45) is 0 Å². The number of sulfonamides is 1. The summed E-state index contributed by atoms with van der Waals surface area (Å²) in [6.07, 6.45) is 2.78. The van der Waals surface area contributed by atoms with Crippen molar-refractivity contribution < 1.29 is 22.7 Å². The van der Waals surface area contributed by atoms with Crippen LogP contribution in [0.4, 0.5) is 0 Å². The largest absolute Gasteiger partial charge is 0.493 e. The molecular formula is C22H28N2O5S. The highest BCUT2D eigenvalue weighted by Crippen LogP contribution is 2.26. The van der Waals surface area contributed by atoms with Gasteiger partial charge in [-0.05, 0) is 49.6 Å². The van der Waals surface area contributed by atoms with Gasteiger partial charge in [0.25, 0.3) is 5.91 Å². The molecule has 7 nitrogen and oxygen atoms in total. The van der Waals surface area contributed by atoms with Crippen LogP contribution in [0.5, 0.6) is 11.5 Å². The molecule has 0 unspecified atom stereocenters. The normalized spacial score (nSPS) is 14.9. The summed E-state index contributed by atoms with van der Waals surface area (Å²) in [4.78, 5) is 12.7. The lowest BCUT2D eigenvalue weighted by molar-refractivity contribution is 0.0946. The average Bonchev–Trinajstić information content (AvgIpc) is 2.77. The summed E-state index contributed by atoms with van der Waals surface area (Å²) in [6.45, 7) is 3.34. The molecular weight excluding hydrogens is 404 g/mol. The molecule has 162 valence electrons. The Labute approximate surface area is 178 Å². The summed E-state index contributed by atoms with van der Waals surface area (Å²) < 4.78 is 38.4. The van der Waals surface area contributed by atoms with Gasteiger partial charge >= 0.3 is 0 Å². The standard InChI is InChI=1S/C22H28N2O5S/c1-17-10-11-18(16-21(17)30(26,27)24-13-6-3-7-14-24)22(25)23-12-15-29-20-9-5-4-8-19(20)28-2/h4-5,8-11,16H,3,6-7,12-15H2,1-2H3,(H,23,25). The topological polar surface area (TPSA) is 84.9 Å². The predicted octanol–water partition coefficient (Wildman–Crippen LogP) is 2.99. The van der Waals surface area contributed by atoms with Crippen LogP contribution in [0.15, 0.2) is 47.4 Å². The number of hydrogen-bond acceptors (Lipinski definition) is 5. The van der Waals surface area contributed by atoms with Crippen molar-refractivity contribution in [3.05, 3.63) is 53.6 Å². The van der Waals surface area contributed by atoms with Gasteiger partial charge in [0.15, 0.2) is 11.5 Å². The molecule has 0 saturated carbocycles. The Balaban J connectivity index is 1.63. The third-order valence-electron chi connectivity index (χ3n) is 5.10. The molecule has 30 heavy (non-hydrogen) atoms. The van der Waals surface area contributed by atoms with Crippen LogP contribution in [0.25, 0.3) is 0 Å². The number of rotatable bonds is 8. The van der Waals surface area contributed by atoms with Gasteiger partial charge in [-0.1, -0.05) is 24.6 Å². The minimum Gasteiger partial charge on any atom is -0.493 e. The van der Waals surface area contributed by atoms with Gasteiger partial charge in [-0.25, -0.2) is 8.42 Å². The number of benzene rings is 2. The highest BCUT2D eigenvalue weighted by Gasteiger charge is 2.28. The molecule has 0 atom stereocenters. The molecule has 3 rings (SSSR count). The molecule has 1 N–H and O–H groups in total. The molecule has 0 bridgehead atoms. The second-order valence-electron chi connectivity index (χ2n) is 7.20. The molecule has 1 fully saturated rings. The smallest absolute Gasteiger partial charge is 0.251 e. The Kier molecular flexibility index (Phi) is 7.33. The summed E-state index contributed by atoms with van der Waals surface area (Å²) in [5.41, 5.74) is 0.949. The van der Waals surface area contributed by atoms with Crippen LogP contribution in [-0.2, 0) is 10.0 Å². The Morgan fingerprint density at radius 1 is 1.07 bits per heavy atom. The lowest BCUT2D eigenvalue weighted by Crippen LogP contribution is -2.36. The SMILES string of the molecule is COc1ccccc1OCCNC(=O)c1ccc(C)c(S(=O)(=O)N2CCCCC2)c1. The Hall–Kier alpha value is -2.58. The number of nitrogens with one attached hydrogen (secondary N) is 1. The maximum atomic E-state index is 13.0. The second-order valence-corrected chi connectivity index (χ2v) is 9.11. The van der Waals surface area contributed by atoms with E-state index in [0.29, 0.717) is 35.7 Å². The van der Waals surface area contributed by atoms with Gasteiger partial charge in [-0.15, -0.1) is 0 Å². The van der Waals surface area contributed by atoms with Crippen LogP contribution in [0, 0.1) is 6.92 Å². The van der Waals surface area contributed by atoms with E-state index < -0.39 is 10.0 Å². The van der Waals surface area contributed by atoms with E-state index in [4.69, 9.17) is 9.47 Å². The Morgan fingerprint density at radius 2 is 1.77 bits per heavy atom. The molecule has 1 aliphatic heterocycles. The molecule has 2 aromatic carbocycles. The summed E-state index contributed by atoms with van der Waals surface area (Å²) in [5, 5.41) is 2.77. The van der Waals surface area contributed by atoms with Crippen molar-refractivity contribution in [2.45, 2.75) is 31.1 Å². The predicted molar refractivity (Wildman–Crippen MR) is 115 cm³/mol. The van der Waals surface area contributed by atoms with Crippen LogP contribution in [0.3, 0.4) is 0 Å². The van der Waals surface area contributed by atoms with E-state index in [1.165, 1.54) is 10.4 Å². The highest BCUT2D eigenvalue weighted by molar-refractivity contribution is 7.89. The fourth-order valence-electron chi connectivity index (χ4n) is 3.43. The van der Waals surface area contributed by atoms with E-state index in [-0.39, 0.29) is 24.0 Å². The molecule has 0 aromatic heterocycles. The molecule has 1 saturated heterocycles. The molecule has 1 aliphatic rings. The first kappa shape index (κ1) is 22.1. The number of methoxy groups -OCH3 is 1. The van der Waals surface area contributed by atoms with Gasteiger partial charge in [-0.2, -0.15) is 4.31 Å². The third kappa shape index (κ3) is 5.12. The quantitative estimate of drug-likeness (QED) is 0.648. The summed E-state index contributed by atoms with van der Waals surface area (Å²) in [6, 6.07) is 12.1. The van der Waals surface area contributed by atoms with Crippen molar-refractivity contribution in [3.63, 3.8) is 0 Å². The highest BCUT2D eigenvalue weighted by atomic mass is 32.2. The minimum atomic E-state index is -3.60. The lowest BCUT2D eigenvalue weighted by Gasteiger charge is -2.26. The maximum absolute atomic E-state index is 13.0. The fraction of sp³-hybridized carbons (Fsp3) is 0.409. The molecule has 1 heterocycles. The van der Waals surface area contributed by atoms with Crippen molar-refractivity contribution in [3.8, 4) is 11.5 Å². The van der Waals surface area contributed by atoms with Crippen molar-refractivity contribution in [1.82, 2.24) is 9.62 Å². The number of aryl methyl sites for hydroxylation is 1. The van der Waals surface area contributed by atoms with Crippen LogP contribution >= 0.6 is 0 Å².